The molecular weight excluding hydrogens is 230 g/mol. The Morgan fingerprint density at radius 3 is 2.56 bits per heavy atom. The molecule has 0 radical (unpaired) electrons. The van der Waals surface area contributed by atoms with Crippen molar-refractivity contribution in [1.82, 2.24) is 4.90 Å². The van der Waals surface area contributed by atoms with E-state index in [0.717, 1.165) is 0 Å². The van der Waals surface area contributed by atoms with Crippen molar-refractivity contribution in [3.05, 3.63) is 36.1 Å². The molecule has 0 aliphatic heterocycles. The quantitative estimate of drug-likeness (QED) is 0.307. The Kier molecular flexibility index (Phi) is 7.39. The van der Waals surface area contributed by atoms with E-state index in [1.54, 1.807) is 43.3 Å². The lowest BCUT2D eigenvalue weighted by molar-refractivity contribution is -0.139. The summed E-state index contributed by atoms with van der Waals surface area (Å²) < 4.78 is 4.91. The van der Waals surface area contributed by atoms with Crippen LogP contribution in [-0.4, -0.2) is 31.1 Å². The number of nitriles is 2. The van der Waals surface area contributed by atoms with Crippen LogP contribution in [-0.2, 0) is 9.53 Å². The normalized spacial score (nSPS) is 9.11. The fourth-order valence-electron chi connectivity index (χ4n) is 0.866. The van der Waals surface area contributed by atoms with Gasteiger partial charge < -0.3 is 9.64 Å². The second-order valence-corrected chi connectivity index (χ2v) is 3.54. The maximum atomic E-state index is 11.1. The van der Waals surface area contributed by atoms with Crippen LogP contribution in [0.15, 0.2) is 36.1 Å². The first-order valence-electron chi connectivity index (χ1n) is 5.22. The summed E-state index contributed by atoms with van der Waals surface area (Å²) in [4.78, 5) is 12.8. The molecule has 0 aliphatic carbocycles. The Morgan fingerprint density at radius 2 is 2.06 bits per heavy atom. The third-order valence-electron chi connectivity index (χ3n) is 1.87. The molecule has 0 saturated heterocycles. The minimum Gasteiger partial charge on any atom is -0.460 e. The van der Waals surface area contributed by atoms with Crippen molar-refractivity contribution >= 4 is 5.97 Å². The van der Waals surface area contributed by atoms with Crippen molar-refractivity contribution in [1.29, 1.82) is 10.5 Å². The summed E-state index contributed by atoms with van der Waals surface area (Å²) in [6.07, 6.45) is 4.68. The van der Waals surface area contributed by atoms with Gasteiger partial charge >= 0.3 is 5.97 Å². The van der Waals surface area contributed by atoms with Gasteiger partial charge in [-0.3, -0.25) is 0 Å². The number of esters is 1. The first-order chi connectivity index (χ1) is 8.51. The Hall–Kier alpha value is -2.53. The summed E-state index contributed by atoms with van der Waals surface area (Å²) in [6.45, 7) is 5.82. The second kappa shape index (κ2) is 8.60. The van der Waals surface area contributed by atoms with Crippen LogP contribution in [0.4, 0.5) is 0 Å². The smallest absolute Gasteiger partial charge is 0.333 e. The molecule has 0 aromatic heterocycles. The second-order valence-electron chi connectivity index (χ2n) is 3.54. The van der Waals surface area contributed by atoms with Gasteiger partial charge in [0.15, 0.2) is 0 Å². The first-order valence-corrected chi connectivity index (χ1v) is 5.22. The number of carbonyl (C=O) groups excluding carboxylic acids is 1. The molecule has 0 unspecified atom stereocenters. The van der Waals surface area contributed by atoms with Crippen molar-refractivity contribution in [2.45, 2.75) is 6.92 Å². The van der Waals surface area contributed by atoms with E-state index in [2.05, 4.69) is 6.58 Å². The molecule has 0 spiro atoms. The molecule has 0 N–H and O–H groups in total. The highest BCUT2D eigenvalue weighted by Crippen LogP contribution is 1.94. The number of ether oxygens (including phenoxy) is 1. The van der Waals surface area contributed by atoms with Crippen LogP contribution in [0.25, 0.3) is 0 Å². The molecule has 0 aromatic rings. The van der Waals surface area contributed by atoms with Crippen LogP contribution in [0.5, 0.6) is 0 Å². The topological polar surface area (TPSA) is 77.1 Å². The van der Waals surface area contributed by atoms with Crippen molar-refractivity contribution in [2.75, 3.05) is 20.2 Å². The highest BCUT2D eigenvalue weighted by molar-refractivity contribution is 5.86. The minimum atomic E-state index is -0.413. The number of rotatable bonds is 6. The van der Waals surface area contributed by atoms with Crippen LogP contribution in [0.2, 0.25) is 0 Å². The molecule has 0 aliphatic rings. The van der Waals surface area contributed by atoms with Crippen LogP contribution in [0, 0.1) is 22.7 Å². The number of hydrogen-bond donors (Lipinski definition) is 0. The molecule has 0 bridgehead atoms. The summed E-state index contributed by atoms with van der Waals surface area (Å²) in [5.74, 6) is -0.413. The van der Waals surface area contributed by atoms with Gasteiger partial charge in [-0.15, -0.1) is 0 Å². The zero-order valence-corrected chi connectivity index (χ0v) is 10.5. The number of carbonyl (C=O) groups is 1. The van der Waals surface area contributed by atoms with E-state index in [4.69, 9.17) is 15.3 Å². The molecule has 0 heterocycles. The van der Waals surface area contributed by atoms with Crippen molar-refractivity contribution in [3.8, 4) is 12.1 Å². The largest absolute Gasteiger partial charge is 0.460 e. The van der Waals surface area contributed by atoms with E-state index in [1.807, 2.05) is 0 Å². The van der Waals surface area contributed by atoms with Crippen LogP contribution in [0.3, 0.4) is 0 Å². The summed E-state index contributed by atoms with van der Waals surface area (Å²) in [7, 11) is 1.79. The van der Waals surface area contributed by atoms with Crippen LogP contribution in [0.1, 0.15) is 6.92 Å². The summed E-state index contributed by atoms with van der Waals surface area (Å²) in [5, 5.41) is 17.0. The molecule has 0 amide bonds. The maximum absolute atomic E-state index is 11.1. The fourth-order valence-corrected chi connectivity index (χ4v) is 0.866. The molecule has 94 valence electrons. The van der Waals surface area contributed by atoms with Gasteiger partial charge in [0.25, 0.3) is 0 Å². The Morgan fingerprint density at radius 1 is 1.44 bits per heavy atom. The fraction of sp³-hybridized carbons (Fsp3) is 0.308. The molecule has 0 fully saturated rings. The predicted molar refractivity (Wildman–Crippen MR) is 66.9 cm³/mol. The van der Waals surface area contributed by atoms with Crippen molar-refractivity contribution < 1.29 is 9.53 Å². The summed E-state index contributed by atoms with van der Waals surface area (Å²) in [5.41, 5.74) is 0.400. The van der Waals surface area contributed by atoms with Gasteiger partial charge in [0.05, 0.1) is 6.54 Å². The molecule has 18 heavy (non-hydrogen) atoms. The number of nitrogens with zero attached hydrogens (tertiary/aromatic N) is 3. The van der Waals surface area contributed by atoms with Gasteiger partial charge in [-0.2, -0.15) is 10.5 Å². The lowest BCUT2D eigenvalue weighted by atomic mass is 10.3. The lowest BCUT2D eigenvalue weighted by Crippen LogP contribution is -2.19. The Balaban J connectivity index is 4.03. The minimum absolute atomic E-state index is 0.0355. The van der Waals surface area contributed by atoms with E-state index in [-0.39, 0.29) is 12.2 Å². The molecule has 5 heteroatoms. The van der Waals surface area contributed by atoms with E-state index < -0.39 is 5.97 Å². The SMILES string of the molecule is C=C(C)C(=O)OCCN(C)C=CC=C(C#N)C#N. The number of hydrogen-bond acceptors (Lipinski definition) is 5. The average Bonchev–Trinajstić information content (AvgIpc) is 2.34. The van der Waals surface area contributed by atoms with Gasteiger partial charge in [-0.25, -0.2) is 4.79 Å². The van der Waals surface area contributed by atoms with E-state index in [0.29, 0.717) is 12.1 Å². The molecule has 0 atom stereocenters. The van der Waals surface area contributed by atoms with Gasteiger partial charge in [-0.1, -0.05) is 6.58 Å². The molecular formula is C13H15N3O2. The standard InChI is InChI=1S/C13H15N3O2/c1-11(2)13(17)18-8-7-16(3)6-4-5-12(9-14)10-15/h4-6H,1,7-8H2,2-3H3. The highest BCUT2D eigenvalue weighted by atomic mass is 16.5. The Bertz CT molecular complexity index is 434. The van der Waals surface area contributed by atoms with Gasteiger partial charge in [0.2, 0.25) is 0 Å². The zero-order chi connectivity index (χ0) is 14.0. The first kappa shape index (κ1) is 15.5. The summed E-state index contributed by atoms with van der Waals surface area (Å²) >= 11 is 0. The zero-order valence-electron chi connectivity index (χ0n) is 10.5. The van der Waals surface area contributed by atoms with E-state index in [9.17, 15) is 4.79 Å². The lowest BCUT2D eigenvalue weighted by Gasteiger charge is -2.13. The third-order valence-corrected chi connectivity index (χ3v) is 1.87. The Labute approximate surface area is 107 Å². The monoisotopic (exact) mass is 245 g/mol. The highest BCUT2D eigenvalue weighted by Gasteiger charge is 2.02. The molecule has 0 rings (SSSR count). The number of allylic oxidation sites excluding steroid dienone is 3. The number of likely N-dealkylation sites (N-methyl/N-ethyl adjacent to an activating group) is 1. The van der Waals surface area contributed by atoms with Gasteiger partial charge in [0.1, 0.15) is 24.3 Å². The van der Waals surface area contributed by atoms with E-state index >= 15 is 0 Å². The molecule has 5 nitrogen and oxygen atoms in total. The predicted octanol–water partition coefficient (Wildman–Crippen LogP) is 1.52. The van der Waals surface area contributed by atoms with Gasteiger partial charge in [0, 0.05) is 12.6 Å². The summed E-state index contributed by atoms with van der Waals surface area (Å²) in [6, 6.07) is 3.49. The van der Waals surface area contributed by atoms with Crippen molar-refractivity contribution in [3.63, 3.8) is 0 Å². The van der Waals surface area contributed by atoms with Crippen molar-refractivity contribution in [2.24, 2.45) is 0 Å². The van der Waals surface area contributed by atoms with Crippen LogP contribution >= 0.6 is 0 Å². The molecule has 0 saturated carbocycles. The van der Waals surface area contributed by atoms with E-state index in [1.165, 1.54) is 6.08 Å². The van der Waals surface area contributed by atoms with Gasteiger partial charge in [-0.05, 0) is 25.3 Å². The maximum Gasteiger partial charge on any atom is 0.333 e. The third kappa shape index (κ3) is 6.86. The molecule has 0 aromatic carbocycles. The van der Waals surface area contributed by atoms with Crippen LogP contribution < -0.4 is 0 Å². The average molecular weight is 245 g/mol.